The van der Waals surface area contributed by atoms with Crippen molar-refractivity contribution in [3.63, 3.8) is 0 Å². The second-order valence-corrected chi connectivity index (χ2v) is 11.0. The van der Waals surface area contributed by atoms with Crippen LogP contribution in [0.5, 0.6) is 0 Å². The summed E-state index contributed by atoms with van der Waals surface area (Å²) in [6, 6.07) is 2.70. The van der Waals surface area contributed by atoms with Gasteiger partial charge < -0.3 is 0 Å². The van der Waals surface area contributed by atoms with E-state index in [2.05, 4.69) is 26.9 Å². The lowest BCUT2D eigenvalue weighted by molar-refractivity contribution is 0.584. The Hall–Kier alpha value is 0.217. The summed E-state index contributed by atoms with van der Waals surface area (Å²) < 4.78 is 0. The first-order valence-corrected chi connectivity index (χ1v) is 10.3. The van der Waals surface area contributed by atoms with Crippen LogP contribution >= 0.6 is 0 Å². The van der Waals surface area contributed by atoms with Crippen LogP contribution < -0.4 is 0 Å². The molecule has 0 aromatic carbocycles. The van der Waals surface area contributed by atoms with E-state index in [1.165, 1.54) is 63.5 Å². The molecule has 1 radical (unpaired) electrons. The third kappa shape index (κ3) is 10.5. The molecule has 0 fully saturated rings. The molecule has 0 aliphatic heterocycles. The Labute approximate surface area is 98.9 Å². The first-order valence-electron chi connectivity index (χ1n) is 6.91. The molecule has 1 heteroatoms. The van der Waals surface area contributed by atoms with Gasteiger partial charge in [0.2, 0.25) is 0 Å². The van der Waals surface area contributed by atoms with Crippen LogP contribution in [0.15, 0.2) is 0 Å². The van der Waals surface area contributed by atoms with Crippen LogP contribution in [-0.4, -0.2) is 8.07 Å². The minimum Gasteiger partial charge on any atom is -0.0693 e. The van der Waals surface area contributed by atoms with Gasteiger partial charge in [-0.2, -0.15) is 0 Å². The van der Waals surface area contributed by atoms with Gasteiger partial charge in [-0.3, -0.25) is 0 Å². The second kappa shape index (κ2) is 9.44. The van der Waals surface area contributed by atoms with Gasteiger partial charge in [0.1, 0.15) is 0 Å². The van der Waals surface area contributed by atoms with Crippen molar-refractivity contribution in [2.75, 3.05) is 0 Å². The number of hydrogen-bond donors (Lipinski definition) is 0. The minimum atomic E-state index is -0.870. The van der Waals surface area contributed by atoms with Crippen LogP contribution in [0.1, 0.15) is 58.3 Å². The van der Waals surface area contributed by atoms with Gasteiger partial charge in [-0.25, -0.2) is 0 Å². The smallest absolute Gasteiger partial charge is 0.0473 e. The van der Waals surface area contributed by atoms with Crippen LogP contribution in [0.4, 0.5) is 0 Å². The molecule has 0 amide bonds. The monoisotopic (exact) mass is 227 g/mol. The Morgan fingerprint density at radius 2 is 1.27 bits per heavy atom. The minimum absolute atomic E-state index is 0.870. The number of rotatable bonds is 10. The predicted octanol–water partition coefficient (Wildman–Crippen LogP) is 5.67. The van der Waals surface area contributed by atoms with E-state index in [4.69, 9.17) is 0 Å². The first-order chi connectivity index (χ1) is 7.12. The summed E-state index contributed by atoms with van der Waals surface area (Å²) >= 11 is 0. The Bertz CT molecular complexity index is 129. The molecule has 0 aliphatic carbocycles. The highest BCUT2D eigenvalue weighted by molar-refractivity contribution is 6.77. The zero-order valence-corrected chi connectivity index (χ0v) is 12.3. The third-order valence-corrected chi connectivity index (χ3v) is 6.44. The second-order valence-electron chi connectivity index (χ2n) is 5.64. The molecule has 91 valence electrons. The normalized spacial score (nSPS) is 12.0. The molecule has 0 saturated heterocycles. The van der Waals surface area contributed by atoms with Gasteiger partial charge in [0, 0.05) is 8.07 Å². The molecule has 0 unspecified atom stereocenters. The fourth-order valence-corrected chi connectivity index (χ4v) is 3.32. The molecule has 0 nitrogen and oxygen atoms in total. The van der Waals surface area contributed by atoms with Gasteiger partial charge in [0.05, 0.1) is 0 Å². The Morgan fingerprint density at radius 3 is 1.73 bits per heavy atom. The van der Waals surface area contributed by atoms with Crippen molar-refractivity contribution < 1.29 is 0 Å². The van der Waals surface area contributed by atoms with Crippen molar-refractivity contribution in [3.05, 3.63) is 6.92 Å². The fraction of sp³-hybridized carbons (Fsp3) is 0.929. The topological polar surface area (TPSA) is 0 Å². The van der Waals surface area contributed by atoms with Crippen LogP contribution in [0.3, 0.4) is 0 Å². The highest BCUT2D eigenvalue weighted by Gasteiger charge is 2.16. The van der Waals surface area contributed by atoms with Crippen LogP contribution in [-0.2, 0) is 0 Å². The molecule has 0 bridgehead atoms. The molecule has 0 spiro atoms. The molecule has 0 aromatic rings. The van der Waals surface area contributed by atoms with Crippen LogP contribution in [0.25, 0.3) is 0 Å². The van der Waals surface area contributed by atoms with E-state index in [9.17, 15) is 0 Å². The van der Waals surface area contributed by atoms with Gasteiger partial charge in [0.25, 0.3) is 0 Å². The number of unbranched alkanes of at least 4 members (excludes halogenated alkanes) is 7. The fourth-order valence-electron chi connectivity index (χ4n) is 1.86. The zero-order valence-electron chi connectivity index (χ0n) is 11.3. The van der Waals surface area contributed by atoms with E-state index in [0.717, 1.165) is 0 Å². The van der Waals surface area contributed by atoms with Gasteiger partial charge in [-0.1, -0.05) is 90.4 Å². The standard InChI is InChI=1S/C14H31Si/c1-5-7-8-9-10-11-12-13-14-15(3,4)6-2/h2,5-14H2,1,3-4H3. The molecule has 0 N–H and O–H groups in total. The predicted molar refractivity (Wildman–Crippen MR) is 75.1 cm³/mol. The van der Waals surface area contributed by atoms with Gasteiger partial charge in [0.15, 0.2) is 0 Å². The highest BCUT2D eigenvalue weighted by Crippen LogP contribution is 2.19. The maximum atomic E-state index is 4.07. The summed E-state index contributed by atoms with van der Waals surface area (Å²) in [6.45, 7) is 11.3. The van der Waals surface area contributed by atoms with Crippen molar-refractivity contribution in [3.8, 4) is 0 Å². The molecule has 0 rings (SSSR count). The molecule has 15 heavy (non-hydrogen) atoms. The Morgan fingerprint density at radius 1 is 0.800 bits per heavy atom. The maximum Gasteiger partial charge on any atom is 0.0473 e. The van der Waals surface area contributed by atoms with Crippen LogP contribution in [0, 0.1) is 6.92 Å². The lowest BCUT2D eigenvalue weighted by Gasteiger charge is -2.19. The molecule has 0 aliphatic rings. The summed E-state index contributed by atoms with van der Waals surface area (Å²) in [7, 11) is -0.870. The summed E-state index contributed by atoms with van der Waals surface area (Å²) in [5.74, 6) is 0. The van der Waals surface area contributed by atoms with Crippen LogP contribution in [0.2, 0.25) is 25.2 Å². The number of hydrogen-bond acceptors (Lipinski definition) is 0. The van der Waals surface area contributed by atoms with E-state index in [1.54, 1.807) is 0 Å². The average Bonchev–Trinajstić information content (AvgIpc) is 2.22. The van der Waals surface area contributed by atoms with E-state index in [1.807, 2.05) is 0 Å². The molecule has 0 saturated carbocycles. The largest absolute Gasteiger partial charge is 0.0693 e. The van der Waals surface area contributed by atoms with E-state index < -0.39 is 8.07 Å². The summed E-state index contributed by atoms with van der Waals surface area (Å²) in [5, 5.41) is 0. The van der Waals surface area contributed by atoms with Gasteiger partial charge in [-0.15, -0.1) is 0 Å². The molecular formula is C14H31Si. The average molecular weight is 227 g/mol. The Balaban J connectivity index is 3.11. The van der Waals surface area contributed by atoms with Crippen molar-refractivity contribution >= 4 is 8.07 Å². The SMILES string of the molecule is [CH2]C[Si](C)(C)CCCCCCCCCC. The molecule has 0 heterocycles. The third-order valence-electron chi connectivity index (χ3n) is 3.38. The summed E-state index contributed by atoms with van der Waals surface area (Å²) in [4.78, 5) is 0. The lowest BCUT2D eigenvalue weighted by Crippen LogP contribution is -2.23. The molecule has 0 atom stereocenters. The van der Waals surface area contributed by atoms with Crippen molar-refractivity contribution in [1.82, 2.24) is 0 Å². The van der Waals surface area contributed by atoms with Crippen molar-refractivity contribution in [2.24, 2.45) is 0 Å². The van der Waals surface area contributed by atoms with Crippen molar-refractivity contribution in [1.29, 1.82) is 0 Å². The lowest BCUT2D eigenvalue weighted by atomic mass is 10.1. The quantitative estimate of drug-likeness (QED) is 0.333. The zero-order chi connectivity index (χ0) is 11.6. The van der Waals surface area contributed by atoms with E-state index in [-0.39, 0.29) is 0 Å². The highest BCUT2D eigenvalue weighted by atomic mass is 28.3. The first kappa shape index (κ1) is 15.2. The van der Waals surface area contributed by atoms with Crippen molar-refractivity contribution in [2.45, 2.75) is 83.5 Å². The van der Waals surface area contributed by atoms with Gasteiger partial charge in [-0.05, 0) is 0 Å². The maximum absolute atomic E-state index is 4.07. The van der Waals surface area contributed by atoms with E-state index in [0.29, 0.717) is 0 Å². The molecule has 0 aromatic heterocycles. The Kier molecular flexibility index (Phi) is 9.58. The summed E-state index contributed by atoms with van der Waals surface area (Å²) in [6.07, 6.45) is 11.6. The van der Waals surface area contributed by atoms with Gasteiger partial charge >= 0.3 is 0 Å². The molecular weight excluding hydrogens is 196 g/mol. The van der Waals surface area contributed by atoms with E-state index >= 15 is 0 Å². The summed E-state index contributed by atoms with van der Waals surface area (Å²) in [5.41, 5.74) is 0.